The lowest BCUT2D eigenvalue weighted by atomic mass is 9.95. The summed E-state index contributed by atoms with van der Waals surface area (Å²) in [6.45, 7) is 0. The number of primary amides is 1. The highest BCUT2D eigenvalue weighted by Gasteiger charge is 2.31. The van der Waals surface area contributed by atoms with Gasteiger partial charge in [0.1, 0.15) is 0 Å². The van der Waals surface area contributed by atoms with Gasteiger partial charge in [-0.05, 0) is 37.1 Å². The number of hydrogen-bond donors (Lipinski definition) is 2. The molecule has 0 unspecified atom stereocenters. The molecule has 1 aromatic rings. The summed E-state index contributed by atoms with van der Waals surface area (Å²) in [5, 5.41) is 0.471. The van der Waals surface area contributed by atoms with Crippen molar-refractivity contribution in [3.05, 3.63) is 29.3 Å². The zero-order chi connectivity index (χ0) is 15.5. The second-order valence-electron chi connectivity index (χ2n) is 5.33. The number of hydrogen-bond acceptors (Lipinski definition) is 3. The number of benzene rings is 1. The third-order valence-electron chi connectivity index (χ3n) is 3.81. The monoisotopic (exact) mass is 330 g/mol. The number of sulfonamides is 1. The number of halogens is 1. The Morgan fingerprint density at radius 1 is 1.14 bits per heavy atom. The number of amides is 1. The molecule has 2 rings (SSSR count). The van der Waals surface area contributed by atoms with E-state index in [0.29, 0.717) is 17.9 Å². The van der Waals surface area contributed by atoms with E-state index in [4.69, 9.17) is 17.3 Å². The molecule has 5 nitrogen and oxygen atoms in total. The first kappa shape index (κ1) is 16.3. The van der Waals surface area contributed by atoms with E-state index in [2.05, 4.69) is 4.72 Å². The van der Waals surface area contributed by atoms with Crippen molar-refractivity contribution in [3.8, 4) is 0 Å². The van der Waals surface area contributed by atoms with Crippen molar-refractivity contribution in [2.24, 2.45) is 11.7 Å². The number of nitrogens with two attached hydrogens (primary N) is 1. The SMILES string of the molecule is NC(=O)[C@H]1CCCCC[C@H]1NS(=O)(=O)c1ccc(Cl)cc1. The average molecular weight is 331 g/mol. The van der Waals surface area contributed by atoms with Gasteiger partial charge in [-0.15, -0.1) is 0 Å². The summed E-state index contributed by atoms with van der Waals surface area (Å²) in [7, 11) is -3.68. The van der Waals surface area contributed by atoms with Gasteiger partial charge in [0, 0.05) is 11.1 Å². The summed E-state index contributed by atoms with van der Waals surface area (Å²) in [6, 6.07) is 5.50. The molecular weight excluding hydrogens is 312 g/mol. The van der Waals surface area contributed by atoms with Gasteiger partial charge in [-0.3, -0.25) is 4.79 Å². The highest BCUT2D eigenvalue weighted by molar-refractivity contribution is 7.89. The summed E-state index contributed by atoms with van der Waals surface area (Å²) >= 11 is 5.76. The Labute approximate surface area is 129 Å². The van der Waals surface area contributed by atoms with Gasteiger partial charge in [-0.25, -0.2) is 13.1 Å². The molecule has 1 saturated carbocycles. The van der Waals surface area contributed by atoms with Crippen molar-refractivity contribution in [2.75, 3.05) is 0 Å². The highest BCUT2D eigenvalue weighted by Crippen LogP contribution is 2.25. The number of rotatable bonds is 4. The lowest BCUT2D eigenvalue weighted by Crippen LogP contribution is -2.44. The average Bonchev–Trinajstić information content (AvgIpc) is 2.64. The van der Waals surface area contributed by atoms with Crippen molar-refractivity contribution in [2.45, 2.75) is 43.0 Å². The van der Waals surface area contributed by atoms with Gasteiger partial charge in [0.25, 0.3) is 0 Å². The van der Waals surface area contributed by atoms with Crippen LogP contribution in [0.25, 0.3) is 0 Å². The first-order valence-corrected chi connectivity index (χ1v) is 8.83. The Kier molecular flexibility index (Phi) is 5.24. The van der Waals surface area contributed by atoms with E-state index in [1.54, 1.807) is 0 Å². The van der Waals surface area contributed by atoms with Crippen LogP contribution in [0.4, 0.5) is 0 Å². The van der Waals surface area contributed by atoms with E-state index in [1.807, 2.05) is 0 Å². The highest BCUT2D eigenvalue weighted by atomic mass is 35.5. The summed E-state index contributed by atoms with van der Waals surface area (Å²) in [5.74, 6) is -0.893. The molecule has 1 aliphatic carbocycles. The lowest BCUT2D eigenvalue weighted by molar-refractivity contribution is -0.122. The Morgan fingerprint density at radius 3 is 2.38 bits per heavy atom. The van der Waals surface area contributed by atoms with Crippen LogP contribution >= 0.6 is 11.6 Å². The van der Waals surface area contributed by atoms with Gasteiger partial charge in [-0.2, -0.15) is 0 Å². The van der Waals surface area contributed by atoms with Crippen LogP contribution in [-0.2, 0) is 14.8 Å². The van der Waals surface area contributed by atoms with Crippen LogP contribution in [0, 0.1) is 5.92 Å². The number of carbonyl (C=O) groups excluding carboxylic acids is 1. The quantitative estimate of drug-likeness (QED) is 0.828. The molecule has 1 amide bonds. The lowest BCUT2D eigenvalue weighted by Gasteiger charge is -2.23. The summed E-state index contributed by atoms with van der Waals surface area (Å²) in [5.41, 5.74) is 5.41. The fourth-order valence-corrected chi connectivity index (χ4v) is 4.11. The topological polar surface area (TPSA) is 89.3 Å². The molecule has 21 heavy (non-hydrogen) atoms. The molecule has 0 aliphatic heterocycles. The van der Waals surface area contributed by atoms with Crippen LogP contribution in [0.2, 0.25) is 5.02 Å². The van der Waals surface area contributed by atoms with Gasteiger partial charge < -0.3 is 5.73 Å². The Bertz CT molecular complexity index is 601. The minimum absolute atomic E-state index is 0.138. The predicted molar refractivity (Wildman–Crippen MR) is 81.3 cm³/mol. The molecule has 1 fully saturated rings. The molecule has 3 N–H and O–H groups in total. The van der Waals surface area contributed by atoms with E-state index in [-0.39, 0.29) is 4.90 Å². The Balaban J connectivity index is 2.20. The van der Waals surface area contributed by atoms with Crippen LogP contribution in [0.3, 0.4) is 0 Å². The van der Waals surface area contributed by atoms with E-state index >= 15 is 0 Å². The zero-order valence-electron chi connectivity index (χ0n) is 11.6. The van der Waals surface area contributed by atoms with Crippen molar-refractivity contribution < 1.29 is 13.2 Å². The third-order valence-corrected chi connectivity index (χ3v) is 5.57. The van der Waals surface area contributed by atoms with Crippen LogP contribution in [0.5, 0.6) is 0 Å². The van der Waals surface area contributed by atoms with Crippen LogP contribution in [-0.4, -0.2) is 20.4 Å². The number of nitrogens with one attached hydrogen (secondary N) is 1. The van der Waals surface area contributed by atoms with Crippen molar-refractivity contribution in [3.63, 3.8) is 0 Å². The standard InChI is InChI=1S/C14H19ClN2O3S/c15-10-6-8-11(9-7-10)21(19,20)17-13-5-3-1-2-4-12(13)14(16)18/h6-9,12-13,17H,1-5H2,(H2,16,18)/t12-,13+/m0/s1. The maximum Gasteiger partial charge on any atom is 0.240 e. The zero-order valence-corrected chi connectivity index (χ0v) is 13.2. The van der Waals surface area contributed by atoms with Gasteiger partial charge in [0.15, 0.2) is 0 Å². The molecule has 2 atom stereocenters. The van der Waals surface area contributed by atoms with Crippen molar-refractivity contribution >= 4 is 27.5 Å². The third kappa shape index (κ3) is 4.18. The summed E-state index contributed by atoms with van der Waals surface area (Å²) in [4.78, 5) is 11.7. The minimum atomic E-state index is -3.68. The van der Waals surface area contributed by atoms with Crippen LogP contribution in [0.1, 0.15) is 32.1 Å². The first-order chi connectivity index (χ1) is 9.90. The summed E-state index contributed by atoms with van der Waals surface area (Å²) < 4.78 is 27.4. The fraction of sp³-hybridized carbons (Fsp3) is 0.500. The molecule has 0 heterocycles. The number of carbonyl (C=O) groups is 1. The molecule has 0 spiro atoms. The first-order valence-electron chi connectivity index (χ1n) is 6.97. The second kappa shape index (κ2) is 6.77. The van der Waals surface area contributed by atoms with E-state index in [0.717, 1.165) is 19.3 Å². The van der Waals surface area contributed by atoms with Crippen molar-refractivity contribution in [1.29, 1.82) is 0 Å². The van der Waals surface area contributed by atoms with Gasteiger partial charge in [-0.1, -0.05) is 30.9 Å². The van der Waals surface area contributed by atoms with E-state index in [9.17, 15) is 13.2 Å². The second-order valence-corrected chi connectivity index (χ2v) is 7.48. The molecule has 1 aliphatic rings. The van der Waals surface area contributed by atoms with Crippen LogP contribution < -0.4 is 10.5 Å². The molecule has 1 aromatic carbocycles. The molecule has 0 radical (unpaired) electrons. The molecule has 0 aromatic heterocycles. The minimum Gasteiger partial charge on any atom is -0.369 e. The van der Waals surface area contributed by atoms with E-state index in [1.165, 1.54) is 24.3 Å². The molecule has 7 heteroatoms. The molecule has 116 valence electrons. The predicted octanol–water partition coefficient (Wildman–Crippen LogP) is 2.05. The van der Waals surface area contributed by atoms with E-state index < -0.39 is 27.9 Å². The smallest absolute Gasteiger partial charge is 0.240 e. The van der Waals surface area contributed by atoms with Crippen molar-refractivity contribution in [1.82, 2.24) is 4.72 Å². The molecular formula is C14H19ClN2O3S. The van der Waals surface area contributed by atoms with Gasteiger partial charge >= 0.3 is 0 Å². The van der Waals surface area contributed by atoms with Crippen LogP contribution in [0.15, 0.2) is 29.2 Å². The molecule has 0 bridgehead atoms. The maximum absolute atomic E-state index is 12.4. The fourth-order valence-electron chi connectivity index (χ4n) is 2.67. The van der Waals surface area contributed by atoms with Gasteiger partial charge in [0.2, 0.25) is 15.9 Å². The molecule has 0 saturated heterocycles. The largest absolute Gasteiger partial charge is 0.369 e. The Morgan fingerprint density at radius 2 is 1.76 bits per heavy atom. The Hall–Kier alpha value is -1.11. The summed E-state index contributed by atoms with van der Waals surface area (Å²) in [6.07, 6.45) is 4.02. The maximum atomic E-state index is 12.4. The van der Waals surface area contributed by atoms with Gasteiger partial charge in [0.05, 0.1) is 10.8 Å². The normalized spacial score (nSPS) is 23.5.